The molecule has 2 aliphatic rings. The van der Waals surface area contributed by atoms with E-state index in [9.17, 15) is 9.59 Å². The van der Waals surface area contributed by atoms with E-state index in [0.29, 0.717) is 12.0 Å². The van der Waals surface area contributed by atoms with Gasteiger partial charge in [-0.3, -0.25) is 0 Å². The van der Waals surface area contributed by atoms with Gasteiger partial charge in [0.2, 0.25) is 0 Å². The molecular formula is C30H42N2O6. The van der Waals surface area contributed by atoms with Gasteiger partial charge in [0.05, 0.1) is 0 Å². The number of hydrogen-bond acceptors (Lipinski definition) is 7. The van der Waals surface area contributed by atoms with Crippen LogP contribution in [0.4, 0.5) is 4.79 Å². The molecule has 1 atom stereocenters. The van der Waals surface area contributed by atoms with Gasteiger partial charge in [-0.2, -0.15) is 0 Å². The van der Waals surface area contributed by atoms with Crippen LogP contribution in [-0.4, -0.2) is 29.3 Å². The monoisotopic (exact) mass is 526 g/mol. The van der Waals surface area contributed by atoms with Gasteiger partial charge in [0.25, 0.3) is 5.55 Å². The number of hydrogen-bond donors (Lipinski definition) is 1. The largest absolute Gasteiger partial charge is 0.487 e. The molecule has 0 radical (unpaired) electrons. The molecule has 1 spiro atoms. The molecule has 0 unspecified atom stereocenters. The van der Waals surface area contributed by atoms with E-state index in [1.165, 1.54) is 24.8 Å². The van der Waals surface area contributed by atoms with Gasteiger partial charge in [-0.25, -0.2) is 9.59 Å². The van der Waals surface area contributed by atoms with Crippen molar-refractivity contribution in [1.82, 2.24) is 5.32 Å². The zero-order valence-electron chi connectivity index (χ0n) is 23.5. The molecule has 1 fully saturated rings. The second-order valence-corrected chi connectivity index (χ2v) is 11.6. The van der Waals surface area contributed by atoms with Gasteiger partial charge in [0.1, 0.15) is 28.6 Å². The smallest absolute Gasteiger partial charge is 0.408 e. The van der Waals surface area contributed by atoms with Crippen molar-refractivity contribution < 1.29 is 28.3 Å². The summed E-state index contributed by atoms with van der Waals surface area (Å²) in [6.45, 7) is 9.21. The summed E-state index contributed by atoms with van der Waals surface area (Å²) in [4.78, 5) is 30.0. The van der Waals surface area contributed by atoms with E-state index in [1.54, 1.807) is 27.7 Å². The van der Waals surface area contributed by atoms with Crippen molar-refractivity contribution in [1.29, 1.82) is 0 Å². The molecule has 208 valence electrons. The number of benzene rings is 1. The van der Waals surface area contributed by atoms with Crippen LogP contribution < -0.4 is 15.6 Å². The maximum absolute atomic E-state index is 12.7. The van der Waals surface area contributed by atoms with Crippen molar-refractivity contribution in [2.45, 2.75) is 122 Å². The van der Waals surface area contributed by atoms with Crippen LogP contribution in [0, 0.1) is 0 Å². The average Bonchev–Trinajstić information content (AvgIpc) is 2.87. The van der Waals surface area contributed by atoms with Crippen LogP contribution in [0.1, 0.15) is 104 Å². The van der Waals surface area contributed by atoms with Gasteiger partial charge >= 0.3 is 12.1 Å². The molecular weight excluding hydrogens is 484 g/mol. The number of nitrogens with zero attached hydrogens (tertiary/aromatic N) is 1. The third-order valence-electron chi connectivity index (χ3n) is 7.37. The molecule has 1 amide bonds. The lowest BCUT2D eigenvalue weighted by molar-refractivity contribution is -0.147. The summed E-state index contributed by atoms with van der Waals surface area (Å²) in [5.74, 6) is 0.203. The summed E-state index contributed by atoms with van der Waals surface area (Å²) in [6, 6.07) is 5.13. The molecule has 2 aromatic rings. The number of amides is 1. The lowest BCUT2D eigenvalue weighted by atomic mass is 9.79. The third kappa shape index (κ3) is 6.88. The molecule has 0 saturated heterocycles. The summed E-state index contributed by atoms with van der Waals surface area (Å²) in [5, 5.41) is 7.61. The van der Waals surface area contributed by atoms with Crippen molar-refractivity contribution in [2.24, 2.45) is 5.16 Å². The van der Waals surface area contributed by atoms with Crippen LogP contribution in [0.15, 0.2) is 27.8 Å². The van der Waals surface area contributed by atoms with E-state index >= 15 is 0 Å². The molecule has 8 nitrogen and oxygen atoms in total. The number of ether oxygens (including phenoxy) is 2. The van der Waals surface area contributed by atoms with Gasteiger partial charge in [-0.05, 0) is 101 Å². The van der Waals surface area contributed by atoms with E-state index in [2.05, 4.69) is 23.5 Å². The van der Waals surface area contributed by atoms with Crippen molar-refractivity contribution in [3.63, 3.8) is 0 Å². The van der Waals surface area contributed by atoms with Gasteiger partial charge in [-0.1, -0.05) is 26.7 Å². The van der Waals surface area contributed by atoms with Crippen LogP contribution >= 0.6 is 0 Å². The first kappa shape index (κ1) is 28.0. The Morgan fingerprint density at radius 1 is 1.11 bits per heavy atom. The number of fused-ring (bicyclic) bond motifs is 2. The molecule has 1 aliphatic carbocycles. The fraction of sp³-hybridized carbons (Fsp3) is 0.633. The maximum atomic E-state index is 12.7. The van der Waals surface area contributed by atoms with Gasteiger partial charge in [-0.15, -0.1) is 0 Å². The molecule has 38 heavy (non-hydrogen) atoms. The van der Waals surface area contributed by atoms with E-state index in [4.69, 9.17) is 18.7 Å². The zero-order valence-corrected chi connectivity index (χ0v) is 23.5. The van der Waals surface area contributed by atoms with Crippen LogP contribution in [0.3, 0.4) is 0 Å². The standard InChI is InChI=1S/C30H42N2O6/c1-6-8-12-20-18-26(32-38-27(33)23(7-2)31-28(34)37-29(3,4)5)35-25-19-24-21(17-22(20)25)13-16-30(36-24)14-10-9-11-15-30/h17-19,23H,6-16H2,1-5H3,(H,31,34)/b32-26-/t23-/m0/s1. The topological polar surface area (TPSA) is 99.4 Å². The molecule has 8 heteroatoms. The summed E-state index contributed by atoms with van der Waals surface area (Å²) >= 11 is 0. The fourth-order valence-electron chi connectivity index (χ4n) is 5.35. The Bertz CT molecular complexity index is 1220. The highest BCUT2D eigenvalue weighted by Crippen LogP contribution is 2.43. The Morgan fingerprint density at radius 3 is 2.55 bits per heavy atom. The van der Waals surface area contributed by atoms with Crippen molar-refractivity contribution in [2.75, 3.05) is 0 Å². The lowest BCUT2D eigenvalue weighted by Crippen LogP contribution is -2.43. The zero-order chi connectivity index (χ0) is 27.3. The third-order valence-corrected chi connectivity index (χ3v) is 7.37. The highest BCUT2D eigenvalue weighted by Gasteiger charge is 2.37. The predicted molar refractivity (Wildman–Crippen MR) is 145 cm³/mol. The van der Waals surface area contributed by atoms with E-state index in [1.807, 2.05) is 12.1 Å². The van der Waals surface area contributed by atoms with Crippen molar-refractivity contribution in [3.8, 4) is 5.75 Å². The first-order valence-electron chi connectivity index (χ1n) is 14.1. The maximum Gasteiger partial charge on any atom is 0.408 e. The summed E-state index contributed by atoms with van der Waals surface area (Å²) in [5.41, 5.74) is 2.46. The molecule has 1 aromatic heterocycles. The minimum atomic E-state index is -0.888. The first-order chi connectivity index (χ1) is 18.1. The number of rotatable bonds is 7. The number of unbranched alkanes of at least 4 members (excludes halogenated alkanes) is 1. The second-order valence-electron chi connectivity index (χ2n) is 11.6. The predicted octanol–water partition coefficient (Wildman–Crippen LogP) is 6.47. The molecule has 4 rings (SSSR count). The molecule has 1 aromatic carbocycles. The average molecular weight is 527 g/mol. The molecule has 2 heterocycles. The van der Waals surface area contributed by atoms with E-state index in [0.717, 1.165) is 61.6 Å². The highest BCUT2D eigenvalue weighted by atomic mass is 16.7. The summed E-state index contributed by atoms with van der Waals surface area (Å²) in [6.07, 6.45) is 10.6. The van der Waals surface area contributed by atoms with E-state index < -0.39 is 23.7 Å². The molecule has 0 bridgehead atoms. The number of nitrogens with one attached hydrogen (secondary N) is 1. The Hall–Kier alpha value is -3.03. The Labute approximate surface area is 225 Å². The first-order valence-corrected chi connectivity index (χ1v) is 14.1. The summed E-state index contributed by atoms with van der Waals surface area (Å²) < 4.78 is 18.0. The lowest BCUT2D eigenvalue weighted by Gasteiger charge is -2.41. The Kier molecular flexibility index (Phi) is 8.68. The van der Waals surface area contributed by atoms with Gasteiger partial charge in [0, 0.05) is 17.5 Å². The van der Waals surface area contributed by atoms with Crippen LogP contribution in [0.2, 0.25) is 0 Å². The van der Waals surface area contributed by atoms with E-state index in [-0.39, 0.29) is 11.2 Å². The SMILES string of the molecule is CCCCc1c/c(=N/OC(=O)[C@H](CC)NC(=O)OC(C)(C)C)oc2cc3c(cc12)CCC1(CCCCC1)O3. The molecule has 1 saturated carbocycles. The van der Waals surface area contributed by atoms with Gasteiger partial charge in [0.15, 0.2) is 0 Å². The normalized spacial score (nSPS) is 18.0. The molecule has 1 aliphatic heterocycles. The number of carbonyl (C=O) groups is 2. The minimum absolute atomic E-state index is 0.0578. The van der Waals surface area contributed by atoms with Crippen molar-refractivity contribution in [3.05, 3.63) is 34.9 Å². The quantitative estimate of drug-likeness (QED) is 0.328. The van der Waals surface area contributed by atoms with Gasteiger partial charge < -0.3 is 24.0 Å². The summed E-state index contributed by atoms with van der Waals surface area (Å²) in [7, 11) is 0. The van der Waals surface area contributed by atoms with Crippen LogP contribution in [0.5, 0.6) is 5.75 Å². The number of alkyl carbamates (subject to hydrolysis) is 1. The Balaban J connectivity index is 1.59. The minimum Gasteiger partial charge on any atom is -0.487 e. The van der Waals surface area contributed by atoms with Crippen LogP contribution in [-0.2, 0) is 27.2 Å². The fourth-order valence-corrected chi connectivity index (χ4v) is 5.35. The number of aryl methyl sites for hydroxylation is 2. The molecule has 1 N–H and O–H groups in total. The highest BCUT2D eigenvalue weighted by molar-refractivity contribution is 5.83. The Morgan fingerprint density at radius 2 is 1.87 bits per heavy atom. The second kappa shape index (κ2) is 11.8. The number of carbonyl (C=O) groups excluding carboxylic acids is 2. The van der Waals surface area contributed by atoms with Crippen LogP contribution in [0.25, 0.3) is 11.0 Å². The van der Waals surface area contributed by atoms with Crippen molar-refractivity contribution >= 4 is 23.0 Å².